The Hall–Kier alpha value is -4.85. The summed E-state index contributed by atoms with van der Waals surface area (Å²) in [5.74, 6) is -0.00838. The highest BCUT2D eigenvalue weighted by Gasteiger charge is 2.24. The Morgan fingerprint density at radius 1 is 0.936 bits per heavy atom. The van der Waals surface area contributed by atoms with Crippen molar-refractivity contribution in [2.75, 3.05) is 31.3 Å². The summed E-state index contributed by atoms with van der Waals surface area (Å²) >= 11 is 0. The van der Waals surface area contributed by atoms with Crippen molar-refractivity contribution in [2.45, 2.75) is 38.6 Å². The van der Waals surface area contributed by atoms with Gasteiger partial charge in [-0.25, -0.2) is 18.4 Å². The number of hydrogen-bond acceptors (Lipinski definition) is 9. The molecule has 4 N–H and O–H groups in total. The van der Waals surface area contributed by atoms with Crippen molar-refractivity contribution >= 4 is 27.5 Å². The van der Waals surface area contributed by atoms with Crippen LogP contribution in [0.5, 0.6) is 5.75 Å². The molecule has 0 unspecified atom stereocenters. The molecule has 0 aliphatic rings. The number of benzene rings is 3. The van der Waals surface area contributed by atoms with Crippen LogP contribution in [0.2, 0.25) is 0 Å². The maximum Gasteiger partial charge on any atom is 0.251 e. The molecule has 3 aromatic carbocycles. The van der Waals surface area contributed by atoms with E-state index in [-0.39, 0.29) is 29.9 Å². The molecule has 0 saturated heterocycles. The van der Waals surface area contributed by atoms with E-state index in [9.17, 15) is 23.1 Å². The lowest BCUT2D eigenvalue weighted by Gasteiger charge is -2.25. The van der Waals surface area contributed by atoms with Crippen molar-refractivity contribution in [3.05, 3.63) is 119 Å². The van der Waals surface area contributed by atoms with Crippen LogP contribution in [-0.4, -0.2) is 74.4 Å². The lowest BCUT2D eigenvalue weighted by molar-refractivity contribution is 0.0830. The SMILES string of the molecule is COc1cccc(CNC[C@@H](O)[C@H](Cc2ccccc2)NC(=O)c2cc(C(=O)NCc3nccc(C)n3)cc(N(C)S(C)(=O)=O)c2)c1. The van der Waals surface area contributed by atoms with Gasteiger partial charge in [-0.15, -0.1) is 0 Å². The second-order valence-electron chi connectivity index (χ2n) is 11.1. The normalized spacial score (nSPS) is 12.5. The third-order valence-electron chi connectivity index (χ3n) is 7.45. The van der Waals surface area contributed by atoms with E-state index in [0.717, 1.165) is 33.1 Å². The first-order chi connectivity index (χ1) is 22.4. The van der Waals surface area contributed by atoms with Crippen molar-refractivity contribution in [3.8, 4) is 5.75 Å². The molecule has 2 atom stereocenters. The fourth-order valence-corrected chi connectivity index (χ4v) is 5.27. The average molecular weight is 661 g/mol. The number of ether oxygens (including phenoxy) is 1. The molecule has 4 rings (SSSR count). The molecule has 4 aromatic rings. The molecule has 248 valence electrons. The summed E-state index contributed by atoms with van der Waals surface area (Å²) in [7, 11) is -0.789. The van der Waals surface area contributed by atoms with Gasteiger partial charge >= 0.3 is 0 Å². The van der Waals surface area contributed by atoms with Crippen LogP contribution in [0.15, 0.2) is 85.1 Å². The fourth-order valence-electron chi connectivity index (χ4n) is 4.79. The number of nitrogens with zero attached hydrogens (tertiary/aromatic N) is 3. The first-order valence-electron chi connectivity index (χ1n) is 14.9. The third kappa shape index (κ3) is 10.3. The Balaban J connectivity index is 1.56. The first-order valence-corrected chi connectivity index (χ1v) is 16.8. The van der Waals surface area contributed by atoms with Crippen molar-refractivity contribution in [1.82, 2.24) is 25.9 Å². The highest BCUT2D eigenvalue weighted by Crippen LogP contribution is 2.22. The topological polar surface area (TPSA) is 163 Å². The van der Waals surface area contributed by atoms with Crippen LogP contribution in [0.25, 0.3) is 0 Å². The second-order valence-corrected chi connectivity index (χ2v) is 13.1. The summed E-state index contributed by atoms with van der Waals surface area (Å²) in [6, 6.07) is 22.2. The van der Waals surface area contributed by atoms with Crippen LogP contribution < -0.4 is 25.0 Å². The number of carbonyl (C=O) groups excluding carboxylic acids is 2. The Bertz CT molecular complexity index is 1790. The Labute approximate surface area is 275 Å². The molecule has 2 amide bonds. The fraction of sp³-hybridized carbons (Fsp3) is 0.294. The van der Waals surface area contributed by atoms with Gasteiger partial charge in [0, 0.05) is 43.2 Å². The van der Waals surface area contributed by atoms with Crippen LogP contribution in [0.3, 0.4) is 0 Å². The zero-order chi connectivity index (χ0) is 34.0. The van der Waals surface area contributed by atoms with Crippen LogP contribution >= 0.6 is 0 Å². The van der Waals surface area contributed by atoms with Crippen molar-refractivity contribution in [1.29, 1.82) is 0 Å². The van der Waals surface area contributed by atoms with Crippen LogP contribution in [0, 0.1) is 6.92 Å². The number of hydrogen-bond donors (Lipinski definition) is 4. The summed E-state index contributed by atoms with van der Waals surface area (Å²) in [6.45, 7) is 2.47. The van der Waals surface area contributed by atoms with Crippen molar-refractivity contribution < 1.29 is 27.9 Å². The van der Waals surface area contributed by atoms with Crippen molar-refractivity contribution in [3.63, 3.8) is 0 Å². The predicted molar refractivity (Wildman–Crippen MR) is 180 cm³/mol. The minimum Gasteiger partial charge on any atom is -0.497 e. The monoisotopic (exact) mass is 660 g/mol. The molecule has 0 radical (unpaired) electrons. The summed E-state index contributed by atoms with van der Waals surface area (Å²) in [5.41, 5.74) is 2.83. The van der Waals surface area contributed by atoms with Gasteiger partial charge in [0.05, 0.1) is 37.7 Å². The number of rotatable bonds is 15. The molecular weight excluding hydrogens is 620 g/mol. The van der Waals surface area contributed by atoms with E-state index < -0.39 is 34.0 Å². The highest BCUT2D eigenvalue weighted by atomic mass is 32.2. The van der Waals surface area contributed by atoms with Crippen LogP contribution in [0.4, 0.5) is 5.69 Å². The molecule has 0 bridgehead atoms. The van der Waals surface area contributed by atoms with E-state index in [1.165, 1.54) is 25.2 Å². The molecule has 0 spiro atoms. The maximum absolute atomic E-state index is 13.8. The molecule has 0 aliphatic carbocycles. The van der Waals surface area contributed by atoms with Gasteiger partial charge in [0.15, 0.2) is 0 Å². The number of aliphatic hydroxyl groups excluding tert-OH is 1. The Morgan fingerprint density at radius 2 is 1.64 bits per heavy atom. The zero-order valence-corrected chi connectivity index (χ0v) is 27.6. The quantitative estimate of drug-likeness (QED) is 0.150. The minimum atomic E-state index is -3.72. The third-order valence-corrected chi connectivity index (χ3v) is 8.66. The van der Waals surface area contributed by atoms with Gasteiger partial charge in [0.2, 0.25) is 10.0 Å². The summed E-state index contributed by atoms with van der Waals surface area (Å²) in [6.07, 6.45) is 1.94. The molecule has 0 fully saturated rings. The minimum absolute atomic E-state index is 0.0301. The van der Waals surface area contributed by atoms with E-state index in [4.69, 9.17) is 4.74 Å². The standard InChI is InChI=1S/C34H40N6O6S/c1-23-13-14-36-32(38-23)22-37-33(42)26-17-27(19-28(18-26)40(2)47(4,44)45)34(43)39-30(16-24-9-6-5-7-10-24)31(41)21-35-20-25-11-8-12-29(15-25)46-3/h5-15,17-19,30-31,35,41H,16,20-22H2,1-4H3,(H,37,42)(H,39,43)/t30-,31+/m0/s1. The largest absolute Gasteiger partial charge is 0.497 e. The van der Waals surface area contributed by atoms with Gasteiger partial charge < -0.3 is 25.8 Å². The lowest BCUT2D eigenvalue weighted by Crippen LogP contribution is -2.48. The smallest absolute Gasteiger partial charge is 0.251 e. The van der Waals surface area contributed by atoms with E-state index >= 15 is 0 Å². The number of sulfonamides is 1. The number of aryl methyl sites for hydroxylation is 1. The van der Waals surface area contributed by atoms with Crippen LogP contribution in [-0.2, 0) is 29.5 Å². The number of nitrogens with one attached hydrogen (secondary N) is 3. The zero-order valence-electron chi connectivity index (χ0n) is 26.8. The number of aliphatic hydroxyl groups is 1. The van der Waals surface area contributed by atoms with Gasteiger partial charge in [-0.2, -0.15) is 0 Å². The molecule has 47 heavy (non-hydrogen) atoms. The van der Waals surface area contributed by atoms with Gasteiger partial charge in [0.25, 0.3) is 11.8 Å². The average Bonchev–Trinajstić information content (AvgIpc) is 3.06. The molecule has 0 saturated carbocycles. The first kappa shape index (κ1) is 35.0. The van der Waals surface area contributed by atoms with Crippen molar-refractivity contribution in [2.24, 2.45) is 0 Å². The van der Waals surface area contributed by atoms with E-state index in [1.54, 1.807) is 26.3 Å². The number of methoxy groups -OCH3 is 1. The molecule has 1 aromatic heterocycles. The lowest BCUT2D eigenvalue weighted by atomic mass is 10.00. The molecule has 12 nitrogen and oxygen atoms in total. The van der Waals surface area contributed by atoms with Crippen LogP contribution in [0.1, 0.15) is 43.4 Å². The summed E-state index contributed by atoms with van der Waals surface area (Å²) in [4.78, 5) is 35.4. The number of aromatic nitrogens is 2. The number of carbonyl (C=O) groups is 2. The molecule has 13 heteroatoms. The van der Waals surface area contributed by atoms with E-state index in [0.29, 0.717) is 18.8 Å². The maximum atomic E-state index is 13.8. The number of anilines is 1. The summed E-state index contributed by atoms with van der Waals surface area (Å²) in [5, 5.41) is 20.1. The van der Waals surface area contributed by atoms with Gasteiger partial charge in [-0.1, -0.05) is 42.5 Å². The Kier molecular flexibility index (Phi) is 12.0. The molecular formula is C34H40N6O6S. The van der Waals surface area contributed by atoms with E-state index in [2.05, 4.69) is 25.9 Å². The Morgan fingerprint density at radius 3 is 2.32 bits per heavy atom. The molecule has 1 heterocycles. The highest BCUT2D eigenvalue weighted by molar-refractivity contribution is 7.92. The molecule has 0 aliphatic heterocycles. The summed E-state index contributed by atoms with van der Waals surface area (Å²) < 4.78 is 31.1. The number of amides is 2. The van der Waals surface area contributed by atoms with Gasteiger partial charge in [-0.05, 0) is 60.9 Å². The second kappa shape index (κ2) is 16.1. The van der Waals surface area contributed by atoms with Gasteiger partial charge in [0.1, 0.15) is 11.6 Å². The van der Waals surface area contributed by atoms with Gasteiger partial charge in [-0.3, -0.25) is 13.9 Å². The van der Waals surface area contributed by atoms with E-state index in [1.807, 2.05) is 54.6 Å². The predicted octanol–water partition coefficient (Wildman–Crippen LogP) is 2.61.